The Bertz CT molecular complexity index is 733. The number of primary amides is 1. The lowest BCUT2D eigenvalue weighted by atomic mass is 9.70. The van der Waals surface area contributed by atoms with Gasteiger partial charge in [-0.15, -0.1) is 0 Å². The maximum absolute atomic E-state index is 13.7. The number of nitrogens with zero attached hydrogens (tertiary/aromatic N) is 2. The predicted octanol–water partition coefficient (Wildman–Crippen LogP) is 3.70. The quantitative estimate of drug-likeness (QED) is 0.822. The molecule has 1 aromatic heterocycles. The van der Waals surface area contributed by atoms with Crippen LogP contribution in [0.2, 0.25) is 0 Å². The summed E-state index contributed by atoms with van der Waals surface area (Å²) in [6, 6.07) is 1.64. The van der Waals surface area contributed by atoms with E-state index in [2.05, 4.69) is 4.98 Å². The van der Waals surface area contributed by atoms with E-state index < -0.39 is 23.2 Å². The lowest BCUT2D eigenvalue weighted by Gasteiger charge is -2.36. The Kier molecular flexibility index (Phi) is 5.38. The molecule has 8 heteroatoms. The number of alkyl halides is 3. The largest absolute Gasteiger partial charge is 0.418 e. The Morgan fingerprint density at radius 3 is 2.52 bits per heavy atom. The van der Waals surface area contributed by atoms with Gasteiger partial charge in [0.2, 0.25) is 5.91 Å². The predicted molar refractivity (Wildman–Crippen MR) is 88.8 cm³/mol. The van der Waals surface area contributed by atoms with E-state index in [1.54, 1.807) is 6.07 Å². The van der Waals surface area contributed by atoms with Gasteiger partial charge in [-0.05, 0) is 36.2 Å². The minimum absolute atomic E-state index is 0.0680. The van der Waals surface area contributed by atoms with Crippen molar-refractivity contribution in [2.45, 2.75) is 51.2 Å². The molecule has 0 radical (unpaired) electrons. The van der Waals surface area contributed by atoms with Crippen molar-refractivity contribution in [1.29, 1.82) is 5.26 Å². The highest BCUT2D eigenvalue weighted by Crippen LogP contribution is 2.44. The summed E-state index contributed by atoms with van der Waals surface area (Å²) >= 11 is 0.781. The molecule has 2 rings (SSSR count). The second-order valence-corrected chi connectivity index (χ2v) is 8.23. The molecule has 0 bridgehead atoms. The zero-order valence-electron chi connectivity index (χ0n) is 14.3. The number of carbonyl (C=O) groups excluding carboxylic acids is 1. The lowest BCUT2D eigenvalue weighted by Crippen LogP contribution is -2.30. The third kappa shape index (κ3) is 4.27. The van der Waals surface area contributed by atoms with Crippen LogP contribution in [0, 0.1) is 22.7 Å². The topological polar surface area (TPSA) is 79.8 Å². The molecular weight excluding hydrogens is 351 g/mol. The van der Waals surface area contributed by atoms with Crippen molar-refractivity contribution in [3.63, 3.8) is 0 Å². The molecule has 0 unspecified atom stereocenters. The number of aryl methyl sites for hydroxylation is 1. The molecule has 2 N–H and O–H groups in total. The van der Waals surface area contributed by atoms with Crippen LogP contribution in [0.1, 0.15) is 49.6 Å². The number of hydrogen-bond acceptors (Lipinski definition) is 4. The van der Waals surface area contributed by atoms with E-state index >= 15 is 0 Å². The van der Waals surface area contributed by atoms with Crippen LogP contribution in [0.25, 0.3) is 0 Å². The van der Waals surface area contributed by atoms with Crippen LogP contribution >= 0.6 is 11.8 Å². The molecule has 25 heavy (non-hydrogen) atoms. The second-order valence-electron chi connectivity index (χ2n) is 7.26. The maximum Gasteiger partial charge on any atom is 0.418 e. The van der Waals surface area contributed by atoms with E-state index in [4.69, 9.17) is 5.73 Å². The third-order valence-electron chi connectivity index (χ3n) is 4.50. The molecule has 1 aromatic rings. The number of pyridine rings is 1. The summed E-state index contributed by atoms with van der Waals surface area (Å²) in [7, 11) is 0. The number of nitriles is 1. The molecule has 1 atom stereocenters. The highest BCUT2D eigenvalue weighted by molar-refractivity contribution is 8.00. The fourth-order valence-corrected chi connectivity index (χ4v) is 3.88. The molecule has 0 saturated carbocycles. The van der Waals surface area contributed by atoms with Crippen molar-refractivity contribution in [3.05, 3.63) is 22.4 Å². The van der Waals surface area contributed by atoms with E-state index in [0.29, 0.717) is 12.1 Å². The van der Waals surface area contributed by atoms with E-state index in [1.807, 2.05) is 20.8 Å². The summed E-state index contributed by atoms with van der Waals surface area (Å²) in [6.45, 7) is 6.02. The van der Waals surface area contributed by atoms with Crippen LogP contribution in [0.3, 0.4) is 0 Å². The first-order valence-corrected chi connectivity index (χ1v) is 8.87. The smallest absolute Gasteiger partial charge is 0.369 e. The molecule has 0 saturated heterocycles. The molecule has 0 aliphatic heterocycles. The first kappa shape index (κ1) is 19.6. The van der Waals surface area contributed by atoms with Gasteiger partial charge in [0, 0.05) is 5.69 Å². The number of carbonyl (C=O) groups is 1. The molecule has 4 nitrogen and oxygen atoms in total. The van der Waals surface area contributed by atoms with E-state index in [0.717, 1.165) is 18.2 Å². The van der Waals surface area contributed by atoms with Crippen molar-refractivity contribution < 1.29 is 18.0 Å². The minimum Gasteiger partial charge on any atom is -0.369 e. The second kappa shape index (κ2) is 6.87. The molecular formula is C17H20F3N3OS. The zero-order valence-corrected chi connectivity index (χ0v) is 15.1. The Morgan fingerprint density at radius 2 is 2.04 bits per heavy atom. The van der Waals surface area contributed by atoms with Gasteiger partial charge in [-0.1, -0.05) is 32.5 Å². The Balaban J connectivity index is 2.62. The van der Waals surface area contributed by atoms with Crippen LogP contribution in [0.4, 0.5) is 13.2 Å². The molecule has 1 aliphatic rings. The summed E-state index contributed by atoms with van der Waals surface area (Å²) in [5, 5.41) is 9.27. The SMILES string of the molecule is CC(C)(C)[C@@H]1CCc2nc(SCC(N)=O)c(C#N)c(C(F)(F)F)c2C1. The molecule has 136 valence electrons. The molecule has 1 heterocycles. The summed E-state index contributed by atoms with van der Waals surface area (Å²) in [5.74, 6) is -0.809. The molecule has 1 aliphatic carbocycles. The Hall–Kier alpha value is -1.75. The number of fused-ring (bicyclic) bond motifs is 1. The van der Waals surface area contributed by atoms with Gasteiger partial charge in [-0.2, -0.15) is 18.4 Å². The molecule has 0 fully saturated rings. The average Bonchev–Trinajstić information content (AvgIpc) is 2.48. The first-order chi connectivity index (χ1) is 11.4. The summed E-state index contributed by atoms with van der Waals surface area (Å²) in [5.41, 5.74) is 4.02. The number of hydrogen-bond donors (Lipinski definition) is 1. The number of aromatic nitrogens is 1. The normalized spacial score (nSPS) is 17.7. The van der Waals surface area contributed by atoms with Crippen LogP contribution in [-0.2, 0) is 23.8 Å². The summed E-state index contributed by atoms with van der Waals surface area (Å²) < 4.78 is 41.2. The molecule has 0 aromatic carbocycles. The highest BCUT2D eigenvalue weighted by atomic mass is 32.2. The maximum atomic E-state index is 13.7. The van der Waals surface area contributed by atoms with Gasteiger partial charge >= 0.3 is 6.18 Å². The van der Waals surface area contributed by atoms with Gasteiger partial charge in [0.1, 0.15) is 11.1 Å². The van der Waals surface area contributed by atoms with E-state index in [-0.39, 0.29) is 34.1 Å². The van der Waals surface area contributed by atoms with Crippen LogP contribution in [0.5, 0.6) is 0 Å². The number of halogens is 3. The van der Waals surface area contributed by atoms with Gasteiger partial charge in [0.05, 0.1) is 16.9 Å². The monoisotopic (exact) mass is 371 g/mol. The number of thioether (sulfide) groups is 1. The standard InChI is InChI=1S/C17H20F3N3OS/c1-16(2,3)9-4-5-12-10(6-9)14(17(18,19)20)11(7-21)15(23-12)25-8-13(22)24/h9H,4-6,8H2,1-3H3,(H2,22,24)/t9-/m1/s1. The van der Waals surface area contributed by atoms with Crippen LogP contribution in [0.15, 0.2) is 5.03 Å². The van der Waals surface area contributed by atoms with Gasteiger partial charge < -0.3 is 5.73 Å². The Labute approximate surface area is 149 Å². The van der Waals surface area contributed by atoms with Gasteiger partial charge in [-0.25, -0.2) is 4.98 Å². The van der Waals surface area contributed by atoms with E-state index in [9.17, 15) is 23.2 Å². The fraction of sp³-hybridized carbons (Fsp3) is 0.588. The summed E-state index contributed by atoms with van der Waals surface area (Å²) in [4.78, 5) is 15.2. The van der Waals surface area contributed by atoms with E-state index in [1.165, 1.54) is 0 Å². The van der Waals surface area contributed by atoms with Crippen molar-refractivity contribution in [1.82, 2.24) is 4.98 Å². The molecule has 1 amide bonds. The number of nitrogens with two attached hydrogens (primary N) is 1. The van der Waals surface area contributed by atoms with Gasteiger partial charge in [0.25, 0.3) is 0 Å². The fourth-order valence-electron chi connectivity index (χ4n) is 3.13. The van der Waals surface area contributed by atoms with Crippen molar-refractivity contribution in [3.8, 4) is 6.07 Å². The van der Waals surface area contributed by atoms with Crippen LogP contribution < -0.4 is 5.73 Å². The van der Waals surface area contributed by atoms with Crippen LogP contribution in [-0.4, -0.2) is 16.6 Å². The lowest BCUT2D eigenvalue weighted by molar-refractivity contribution is -0.139. The van der Waals surface area contributed by atoms with Crippen molar-refractivity contribution >= 4 is 17.7 Å². The van der Waals surface area contributed by atoms with Gasteiger partial charge in [-0.3, -0.25) is 4.79 Å². The number of rotatable bonds is 3. The third-order valence-corrected chi connectivity index (χ3v) is 5.50. The molecule has 0 spiro atoms. The Morgan fingerprint density at radius 1 is 1.40 bits per heavy atom. The minimum atomic E-state index is -4.65. The zero-order chi connectivity index (χ0) is 19.0. The van der Waals surface area contributed by atoms with Crippen molar-refractivity contribution in [2.75, 3.05) is 5.75 Å². The van der Waals surface area contributed by atoms with Crippen molar-refractivity contribution in [2.24, 2.45) is 17.1 Å². The number of amides is 1. The van der Waals surface area contributed by atoms with Gasteiger partial charge in [0.15, 0.2) is 0 Å². The first-order valence-electron chi connectivity index (χ1n) is 7.89. The highest BCUT2D eigenvalue weighted by Gasteiger charge is 2.42. The average molecular weight is 371 g/mol. The summed E-state index contributed by atoms with van der Waals surface area (Å²) in [6.07, 6.45) is -3.24.